The van der Waals surface area contributed by atoms with Gasteiger partial charge in [-0.1, -0.05) is 0 Å². The van der Waals surface area contributed by atoms with Crippen molar-refractivity contribution in [2.24, 2.45) is 0 Å². The third-order valence-electron chi connectivity index (χ3n) is 1.76. The van der Waals surface area contributed by atoms with E-state index < -0.39 is 17.0 Å². The summed E-state index contributed by atoms with van der Waals surface area (Å²) in [7, 11) is 2.02. The predicted molar refractivity (Wildman–Crippen MR) is 76.1 cm³/mol. The van der Waals surface area contributed by atoms with Gasteiger partial charge in [0.05, 0.1) is 0 Å². The summed E-state index contributed by atoms with van der Waals surface area (Å²) in [6, 6.07) is 3.51. The monoisotopic (exact) mass is 390 g/mol. The number of benzene rings is 1. The molecule has 0 N–H and O–H groups in total. The van der Waals surface area contributed by atoms with E-state index in [4.69, 9.17) is 34.8 Å². The normalized spacial score (nSPS) is 11.9. The van der Waals surface area contributed by atoms with Gasteiger partial charge in [-0.3, -0.25) is 0 Å². The van der Waals surface area contributed by atoms with Crippen molar-refractivity contribution < 1.29 is 0 Å². The average molecular weight is 390 g/mol. The van der Waals surface area contributed by atoms with Gasteiger partial charge >= 0.3 is 114 Å². The molecule has 0 aliphatic heterocycles. The van der Waals surface area contributed by atoms with Crippen LogP contribution >= 0.6 is 43.7 Å². The third-order valence-corrected chi connectivity index (χ3v) is 12.6. The Morgan fingerprint density at radius 2 is 1.53 bits per heavy atom. The summed E-state index contributed by atoms with van der Waals surface area (Å²) in [4.78, 5) is 7.12. The fourth-order valence-electron chi connectivity index (χ4n) is 0.999. The molecule has 1 aromatic carbocycles. The van der Waals surface area contributed by atoms with Crippen molar-refractivity contribution in [3.63, 3.8) is 0 Å². The Bertz CT molecular complexity index is 337. The number of hydrogen-bond donors (Lipinski definition) is 0. The molecule has 0 unspecified atom stereocenters. The van der Waals surface area contributed by atoms with Crippen LogP contribution in [-0.2, 0) is 5.75 Å². The molecule has 0 saturated heterocycles. The Kier molecular flexibility index (Phi) is 5.45. The van der Waals surface area contributed by atoms with Crippen molar-refractivity contribution in [2.75, 3.05) is 0 Å². The molecule has 0 radical (unpaired) electrons. The third kappa shape index (κ3) is 4.95. The molecule has 1 aromatic rings. The average Bonchev–Trinajstić information content (AvgIpc) is 1.99. The first-order valence-electron chi connectivity index (χ1n) is 4.57. The molecule has 0 atom stereocenters. The summed E-state index contributed by atoms with van der Waals surface area (Å²) < 4.78 is 0. The molecular formula is C10H13Cl3SSn. The SMILES string of the molecule is [CH3][Sn]([CH3])([CH3])[S]Cc1c(Cl)cc(Cl)cc1Cl. The van der Waals surface area contributed by atoms with Crippen LogP contribution in [0.25, 0.3) is 0 Å². The Hall–Kier alpha value is 1.24. The quantitative estimate of drug-likeness (QED) is 0.596. The summed E-state index contributed by atoms with van der Waals surface area (Å²) in [5, 5.41) is 1.95. The second-order valence-electron chi connectivity index (χ2n) is 4.25. The van der Waals surface area contributed by atoms with E-state index in [0.29, 0.717) is 15.1 Å². The Morgan fingerprint density at radius 3 is 1.93 bits per heavy atom. The van der Waals surface area contributed by atoms with E-state index in [1.807, 2.05) is 8.95 Å². The van der Waals surface area contributed by atoms with Gasteiger partial charge in [0.25, 0.3) is 0 Å². The molecule has 0 fully saturated rings. The first-order chi connectivity index (χ1) is 6.79. The molecule has 0 aliphatic carbocycles. The molecule has 0 aliphatic rings. The van der Waals surface area contributed by atoms with E-state index in [2.05, 4.69) is 14.8 Å². The Balaban J connectivity index is 2.86. The standard InChI is InChI=1S/C7H5Cl3S.3CH3.Sn/c8-4-1-6(9)5(3-11)7(10)2-4;;;;/h1-2,11H,3H2;3*1H3;/q;;;;+1/p-1. The van der Waals surface area contributed by atoms with Gasteiger partial charge in [-0.15, -0.1) is 0 Å². The van der Waals surface area contributed by atoms with Crippen molar-refractivity contribution in [1.82, 2.24) is 0 Å². The van der Waals surface area contributed by atoms with Crippen LogP contribution in [0.1, 0.15) is 5.56 Å². The first kappa shape index (κ1) is 14.3. The van der Waals surface area contributed by atoms with Gasteiger partial charge in [0.15, 0.2) is 0 Å². The topological polar surface area (TPSA) is 0 Å². The van der Waals surface area contributed by atoms with E-state index in [1.165, 1.54) is 0 Å². The van der Waals surface area contributed by atoms with Gasteiger partial charge in [0.1, 0.15) is 0 Å². The summed E-state index contributed by atoms with van der Waals surface area (Å²) in [6.07, 6.45) is 0. The number of halogens is 3. The van der Waals surface area contributed by atoms with Crippen LogP contribution < -0.4 is 0 Å². The van der Waals surface area contributed by atoms with Crippen molar-refractivity contribution in [3.05, 3.63) is 32.8 Å². The van der Waals surface area contributed by atoms with Crippen LogP contribution in [0, 0.1) is 0 Å². The molecule has 0 amide bonds. The fraction of sp³-hybridized carbons (Fsp3) is 0.400. The van der Waals surface area contributed by atoms with Gasteiger partial charge in [0, 0.05) is 0 Å². The zero-order valence-corrected chi connectivity index (χ0v) is 14.8. The molecule has 0 aromatic heterocycles. The zero-order chi connectivity index (χ0) is 11.6. The van der Waals surface area contributed by atoms with Crippen molar-refractivity contribution in [1.29, 1.82) is 0 Å². The molecule has 84 valence electrons. The second kappa shape index (κ2) is 5.72. The first-order valence-corrected chi connectivity index (χ1v) is 18.7. The molecule has 15 heavy (non-hydrogen) atoms. The number of hydrogen-bond acceptors (Lipinski definition) is 1. The van der Waals surface area contributed by atoms with E-state index in [9.17, 15) is 0 Å². The van der Waals surface area contributed by atoms with Crippen LogP contribution in [0.2, 0.25) is 29.9 Å². The summed E-state index contributed by atoms with van der Waals surface area (Å²) in [5.74, 6) is 0.897. The molecular weight excluding hydrogens is 377 g/mol. The minimum absolute atomic E-state index is 0.595. The van der Waals surface area contributed by atoms with Crippen molar-refractivity contribution in [3.8, 4) is 0 Å². The maximum absolute atomic E-state index is 6.10. The van der Waals surface area contributed by atoms with Gasteiger partial charge in [-0.05, 0) is 0 Å². The fourth-order valence-corrected chi connectivity index (χ4v) is 7.94. The molecule has 1 rings (SSSR count). The predicted octanol–water partition coefficient (Wildman–Crippen LogP) is 5.71. The van der Waals surface area contributed by atoms with Gasteiger partial charge in [-0.25, -0.2) is 0 Å². The maximum atomic E-state index is 6.10. The number of rotatable bonds is 3. The van der Waals surface area contributed by atoms with Crippen molar-refractivity contribution >= 4 is 60.7 Å². The Labute approximate surface area is 113 Å². The van der Waals surface area contributed by atoms with E-state index in [-0.39, 0.29) is 0 Å². The summed E-state index contributed by atoms with van der Waals surface area (Å²) in [5.41, 5.74) is 1.01. The van der Waals surface area contributed by atoms with Crippen LogP contribution in [0.5, 0.6) is 0 Å². The minimum atomic E-state index is -1.82. The molecule has 0 saturated carbocycles. The zero-order valence-electron chi connectivity index (χ0n) is 8.90. The van der Waals surface area contributed by atoms with Gasteiger partial charge < -0.3 is 0 Å². The summed E-state index contributed by atoms with van der Waals surface area (Å²) in [6.45, 7) is 0. The van der Waals surface area contributed by atoms with Crippen LogP contribution in [-0.4, -0.2) is 17.0 Å². The van der Waals surface area contributed by atoms with Crippen LogP contribution in [0.3, 0.4) is 0 Å². The molecule has 0 nitrogen and oxygen atoms in total. The van der Waals surface area contributed by atoms with Gasteiger partial charge in [-0.2, -0.15) is 0 Å². The van der Waals surface area contributed by atoms with E-state index in [1.54, 1.807) is 12.1 Å². The van der Waals surface area contributed by atoms with Gasteiger partial charge in [0.2, 0.25) is 0 Å². The molecule has 0 bridgehead atoms. The van der Waals surface area contributed by atoms with Crippen LogP contribution in [0.15, 0.2) is 12.1 Å². The molecule has 0 heterocycles. The van der Waals surface area contributed by atoms with Crippen LogP contribution in [0.4, 0.5) is 0 Å². The second-order valence-corrected chi connectivity index (χ2v) is 28.8. The molecule has 5 heteroatoms. The summed E-state index contributed by atoms with van der Waals surface area (Å²) >= 11 is 16.2. The molecule has 0 spiro atoms. The Morgan fingerprint density at radius 1 is 1.07 bits per heavy atom. The van der Waals surface area contributed by atoms with E-state index >= 15 is 0 Å². The van der Waals surface area contributed by atoms with Crippen molar-refractivity contribution in [2.45, 2.75) is 20.6 Å². The van der Waals surface area contributed by atoms with E-state index in [0.717, 1.165) is 11.3 Å².